The van der Waals surface area contributed by atoms with Crippen molar-refractivity contribution in [3.05, 3.63) is 42.4 Å². The number of aromatic nitrogens is 3. The van der Waals surface area contributed by atoms with Crippen LogP contribution in [0, 0.1) is 0 Å². The van der Waals surface area contributed by atoms with Crippen LogP contribution in [-0.2, 0) is 0 Å². The van der Waals surface area contributed by atoms with Gasteiger partial charge in [0.15, 0.2) is 5.82 Å². The third kappa shape index (κ3) is 3.62. The lowest BCUT2D eigenvalue weighted by atomic mass is 10.3. The summed E-state index contributed by atoms with van der Waals surface area (Å²) in [6, 6.07) is 7.10. The van der Waals surface area contributed by atoms with E-state index in [4.69, 9.17) is 0 Å². The van der Waals surface area contributed by atoms with Crippen LogP contribution in [0.3, 0.4) is 0 Å². The van der Waals surface area contributed by atoms with E-state index < -0.39 is 0 Å². The van der Waals surface area contributed by atoms with E-state index in [0.717, 1.165) is 13.1 Å². The van der Waals surface area contributed by atoms with Gasteiger partial charge in [-0.1, -0.05) is 13.0 Å². The summed E-state index contributed by atoms with van der Waals surface area (Å²) < 4.78 is 1.62. The van der Waals surface area contributed by atoms with Crippen molar-refractivity contribution in [2.45, 2.75) is 6.92 Å². The molecule has 2 rings (SSSR count). The molecule has 0 unspecified atom stereocenters. The van der Waals surface area contributed by atoms with Gasteiger partial charge in [0.2, 0.25) is 0 Å². The molecule has 2 N–H and O–H groups in total. The molecule has 0 spiro atoms. The molecule has 6 nitrogen and oxygen atoms in total. The largest absolute Gasteiger partial charge is 0.349 e. The predicted molar refractivity (Wildman–Crippen MR) is 72.2 cm³/mol. The average Bonchev–Trinajstić information content (AvgIpc) is 2.98. The van der Waals surface area contributed by atoms with Crippen molar-refractivity contribution < 1.29 is 4.79 Å². The highest BCUT2D eigenvalue weighted by Gasteiger charge is 2.07. The number of nitrogens with one attached hydrogen (secondary N) is 2. The summed E-state index contributed by atoms with van der Waals surface area (Å²) in [6.45, 7) is 4.25. The van der Waals surface area contributed by atoms with E-state index in [1.165, 1.54) is 0 Å². The van der Waals surface area contributed by atoms with Crippen LogP contribution < -0.4 is 10.6 Å². The summed E-state index contributed by atoms with van der Waals surface area (Å²) in [4.78, 5) is 16.2. The summed E-state index contributed by atoms with van der Waals surface area (Å²) in [5.74, 6) is 0.455. The highest BCUT2D eigenvalue weighted by atomic mass is 16.1. The molecule has 1 amide bonds. The molecular weight excluding hydrogens is 242 g/mol. The normalized spacial score (nSPS) is 10.4. The smallest absolute Gasteiger partial charge is 0.270 e. The molecule has 0 aliphatic carbocycles. The minimum atomic E-state index is -0.174. The minimum absolute atomic E-state index is 0.174. The summed E-state index contributed by atoms with van der Waals surface area (Å²) in [7, 11) is 0. The van der Waals surface area contributed by atoms with Crippen LogP contribution in [-0.4, -0.2) is 40.3 Å². The van der Waals surface area contributed by atoms with E-state index in [1.807, 2.05) is 19.1 Å². The predicted octanol–water partition coefficient (Wildman–Crippen LogP) is 0.607. The van der Waals surface area contributed by atoms with Gasteiger partial charge in [0.25, 0.3) is 5.91 Å². The van der Waals surface area contributed by atoms with Gasteiger partial charge in [-0.05, 0) is 24.7 Å². The Bertz CT molecular complexity index is 524. The zero-order valence-corrected chi connectivity index (χ0v) is 10.8. The van der Waals surface area contributed by atoms with Crippen molar-refractivity contribution in [1.29, 1.82) is 0 Å². The number of carbonyl (C=O) groups is 1. The molecule has 0 atom stereocenters. The number of hydrogen-bond donors (Lipinski definition) is 2. The SMILES string of the molecule is CCNCCNC(=O)c1cccc(-n2cccn2)n1. The van der Waals surface area contributed by atoms with Gasteiger partial charge in [-0.2, -0.15) is 5.10 Å². The van der Waals surface area contributed by atoms with Crippen LogP contribution in [0.4, 0.5) is 0 Å². The standard InChI is InChI=1S/C13H17N5O/c1-2-14-8-9-15-13(19)11-5-3-6-12(17-11)18-10-4-7-16-18/h3-7,10,14H,2,8-9H2,1H3,(H,15,19). The fourth-order valence-corrected chi connectivity index (χ4v) is 1.61. The van der Waals surface area contributed by atoms with E-state index in [1.54, 1.807) is 29.2 Å². The molecule has 0 aromatic carbocycles. The van der Waals surface area contributed by atoms with Crippen LogP contribution in [0.15, 0.2) is 36.7 Å². The minimum Gasteiger partial charge on any atom is -0.349 e. The van der Waals surface area contributed by atoms with E-state index >= 15 is 0 Å². The lowest BCUT2D eigenvalue weighted by Crippen LogP contribution is -2.32. The van der Waals surface area contributed by atoms with Crippen molar-refractivity contribution in [3.8, 4) is 5.82 Å². The van der Waals surface area contributed by atoms with E-state index in [-0.39, 0.29) is 5.91 Å². The number of rotatable bonds is 6. The molecule has 6 heteroatoms. The lowest BCUT2D eigenvalue weighted by molar-refractivity contribution is 0.0949. The molecule has 2 aromatic heterocycles. The third-order valence-corrected chi connectivity index (χ3v) is 2.54. The Kier molecular flexibility index (Phi) is 4.63. The maximum atomic E-state index is 11.9. The Morgan fingerprint density at radius 2 is 2.21 bits per heavy atom. The van der Waals surface area contributed by atoms with Gasteiger partial charge in [0, 0.05) is 25.5 Å². The van der Waals surface area contributed by atoms with Crippen molar-refractivity contribution in [3.63, 3.8) is 0 Å². The Hall–Kier alpha value is -2.21. The van der Waals surface area contributed by atoms with E-state index in [2.05, 4.69) is 20.7 Å². The van der Waals surface area contributed by atoms with Crippen molar-refractivity contribution in [2.75, 3.05) is 19.6 Å². The summed E-state index contributed by atoms with van der Waals surface area (Å²) >= 11 is 0. The highest BCUT2D eigenvalue weighted by Crippen LogP contribution is 2.04. The van der Waals surface area contributed by atoms with Crippen molar-refractivity contribution >= 4 is 5.91 Å². The van der Waals surface area contributed by atoms with Crippen LogP contribution in [0.25, 0.3) is 5.82 Å². The Morgan fingerprint density at radius 1 is 1.32 bits per heavy atom. The van der Waals surface area contributed by atoms with Crippen LogP contribution in [0.2, 0.25) is 0 Å². The maximum Gasteiger partial charge on any atom is 0.270 e. The first-order valence-corrected chi connectivity index (χ1v) is 6.27. The molecule has 0 bridgehead atoms. The summed E-state index contributed by atoms with van der Waals surface area (Å²) in [5.41, 5.74) is 0.393. The van der Waals surface area contributed by atoms with Crippen LogP contribution in [0.5, 0.6) is 0 Å². The quantitative estimate of drug-likeness (QED) is 0.745. The zero-order valence-electron chi connectivity index (χ0n) is 10.8. The van der Waals surface area contributed by atoms with Crippen molar-refractivity contribution in [1.82, 2.24) is 25.4 Å². The zero-order chi connectivity index (χ0) is 13.5. The van der Waals surface area contributed by atoms with E-state index in [0.29, 0.717) is 18.1 Å². The second-order valence-electron chi connectivity index (χ2n) is 3.94. The fraction of sp³-hybridized carbons (Fsp3) is 0.308. The average molecular weight is 259 g/mol. The number of nitrogens with zero attached hydrogens (tertiary/aromatic N) is 3. The molecule has 0 saturated heterocycles. The molecular formula is C13H17N5O. The highest BCUT2D eigenvalue weighted by molar-refractivity contribution is 5.92. The Balaban J connectivity index is 2.00. The topological polar surface area (TPSA) is 71.8 Å². The maximum absolute atomic E-state index is 11.9. The van der Waals surface area contributed by atoms with E-state index in [9.17, 15) is 4.79 Å². The van der Waals surface area contributed by atoms with Crippen LogP contribution in [0.1, 0.15) is 17.4 Å². The second kappa shape index (κ2) is 6.65. The van der Waals surface area contributed by atoms with Gasteiger partial charge >= 0.3 is 0 Å². The van der Waals surface area contributed by atoms with Crippen molar-refractivity contribution in [2.24, 2.45) is 0 Å². The summed E-state index contributed by atoms with van der Waals surface area (Å²) in [5, 5.41) is 10.0. The Morgan fingerprint density at radius 3 is 2.95 bits per heavy atom. The number of hydrogen-bond acceptors (Lipinski definition) is 4. The molecule has 19 heavy (non-hydrogen) atoms. The first-order chi connectivity index (χ1) is 9.31. The number of likely N-dealkylation sites (N-methyl/N-ethyl adjacent to an activating group) is 1. The molecule has 100 valence electrons. The molecule has 0 aliphatic rings. The monoisotopic (exact) mass is 259 g/mol. The third-order valence-electron chi connectivity index (χ3n) is 2.54. The van der Waals surface area contributed by atoms with Gasteiger partial charge in [0.05, 0.1) is 0 Å². The second-order valence-corrected chi connectivity index (χ2v) is 3.94. The molecule has 0 radical (unpaired) electrons. The number of pyridine rings is 1. The molecule has 0 saturated carbocycles. The van der Waals surface area contributed by atoms with Gasteiger partial charge in [-0.3, -0.25) is 4.79 Å². The first-order valence-electron chi connectivity index (χ1n) is 6.27. The fourth-order valence-electron chi connectivity index (χ4n) is 1.61. The summed E-state index contributed by atoms with van der Waals surface area (Å²) in [6.07, 6.45) is 3.46. The molecule has 0 aliphatic heterocycles. The first kappa shape index (κ1) is 13.2. The van der Waals surface area contributed by atoms with Crippen LogP contribution >= 0.6 is 0 Å². The van der Waals surface area contributed by atoms with Gasteiger partial charge in [-0.15, -0.1) is 0 Å². The molecule has 0 fully saturated rings. The number of carbonyl (C=O) groups excluding carboxylic acids is 1. The molecule has 2 heterocycles. The lowest BCUT2D eigenvalue weighted by Gasteiger charge is -2.06. The van der Waals surface area contributed by atoms with Gasteiger partial charge in [0.1, 0.15) is 5.69 Å². The van der Waals surface area contributed by atoms with Gasteiger partial charge < -0.3 is 10.6 Å². The molecule has 2 aromatic rings. The Labute approximate surface area is 111 Å². The number of amides is 1. The van der Waals surface area contributed by atoms with Gasteiger partial charge in [-0.25, -0.2) is 9.67 Å².